The summed E-state index contributed by atoms with van der Waals surface area (Å²) >= 11 is 0. The molecule has 4 heteroatoms. The van der Waals surface area contributed by atoms with Crippen LogP contribution in [0.25, 0.3) is 0 Å². The first kappa shape index (κ1) is 13.5. The van der Waals surface area contributed by atoms with E-state index in [2.05, 4.69) is 5.32 Å². The van der Waals surface area contributed by atoms with Crippen LogP contribution in [0.2, 0.25) is 0 Å². The minimum Gasteiger partial charge on any atom is -0.496 e. The van der Waals surface area contributed by atoms with Crippen molar-refractivity contribution in [1.29, 1.82) is 0 Å². The van der Waals surface area contributed by atoms with Gasteiger partial charge in [0.25, 0.3) is 5.91 Å². The maximum absolute atomic E-state index is 11.6. The van der Waals surface area contributed by atoms with Crippen molar-refractivity contribution in [3.8, 4) is 5.75 Å². The number of benzene rings is 1. The van der Waals surface area contributed by atoms with Crippen molar-refractivity contribution in [2.75, 3.05) is 12.4 Å². The number of carbonyl (C=O) groups is 1. The average Bonchev–Trinajstić information content (AvgIpc) is 2.15. The van der Waals surface area contributed by atoms with Gasteiger partial charge in [0.2, 0.25) is 0 Å². The van der Waals surface area contributed by atoms with Crippen molar-refractivity contribution in [3.63, 3.8) is 0 Å². The molecule has 0 aromatic heterocycles. The highest BCUT2D eigenvalue weighted by molar-refractivity contribution is 5.96. The second-order valence-corrected chi connectivity index (χ2v) is 4.66. The average molecular weight is 237 g/mol. The Labute approximate surface area is 102 Å². The van der Waals surface area contributed by atoms with Gasteiger partial charge < -0.3 is 15.2 Å². The van der Waals surface area contributed by atoms with Gasteiger partial charge >= 0.3 is 0 Å². The van der Waals surface area contributed by atoms with Crippen LogP contribution in [-0.2, 0) is 4.79 Å². The normalized spacial score (nSPS) is 11.2. The fourth-order valence-corrected chi connectivity index (χ4v) is 1.63. The molecule has 0 atom stereocenters. The summed E-state index contributed by atoms with van der Waals surface area (Å²) in [5.41, 5.74) is 1.16. The molecule has 1 rings (SSSR count). The molecule has 94 valence electrons. The summed E-state index contributed by atoms with van der Waals surface area (Å²) in [7, 11) is 1.62. The fourth-order valence-electron chi connectivity index (χ4n) is 1.63. The summed E-state index contributed by atoms with van der Waals surface area (Å²) in [6.45, 7) is 6.72. The summed E-state index contributed by atoms with van der Waals surface area (Å²) < 4.78 is 5.24. The maximum Gasteiger partial charge on any atom is 0.255 e. The molecule has 0 radical (unpaired) electrons. The molecular formula is C13H19NO3. The molecule has 4 nitrogen and oxygen atoms in total. The van der Waals surface area contributed by atoms with E-state index in [1.165, 1.54) is 13.8 Å². The Morgan fingerprint density at radius 1 is 1.29 bits per heavy atom. The minimum absolute atomic E-state index is 0.429. The highest BCUT2D eigenvalue weighted by atomic mass is 16.5. The minimum atomic E-state index is -1.39. The molecule has 0 unspecified atom stereocenters. The van der Waals surface area contributed by atoms with E-state index < -0.39 is 11.5 Å². The number of rotatable bonds is 3. The zero-order valence-corrected chi connectivity index (χ0v) is 10.9. The van der Waals surface area contributed by atoms with E-state index in [-0.39, 0.29) is 0 Å². The van der Waals surface area contributed by atoms with E-state index in [4.69, 9.17) is 4.74 Å². The van der Waals surface area contributed by atoms with Crippen LogP contribution in [0.15, 0.2) is 12.1 Å². The Morgan fingerprint density at radius 2 is 1.76 bits per heavy atom. The van der Waals surface area contributed by atoms with Gasteiger partial charge in [-0.2, -0.15) is 0 Å². The van der Waals surface area contributed by atoms with Crippen LogP contribution in [0.1, 0.15) is 25.0 Å². The summed E-state index contributed by atoms with van der Waals surface area (Å²) in [5, 5.41) is 12.2. The molecular weight excluding hydrogens is 218 g/mol. The van der Waals surface area contributed by atoms with Crippen molar-refractivity contribution in [2.24, 2.45) is 0 Å². The van der Waals surface area contributed by atoms with Crippen molar-refractivity contribution in [1.82, 2.24) is 0 Å². The molecule has 0 spiro atoms. The van der Waals surface area contributed by atoms with Gasteiger partial charge in [0.05, 0.1) is 7.11 Å². The van der Waals surface area contributed by atoms with Crippen LogP contribution in [0, 0.1) is 13.8 Å². The van der Waals surface area contributed by atoms with E-state index in [1.807, 2.05) is 26.0 Å². The number of ether oxygens (including phenoxy) is 1. The van der Waals surface area contributed by atoms with Crippen molar-refractivity contribution < 1.29 is 14.6 Å². The molecule has 1 aromatic rings. The molecule has 17 heavy (non-hydrogen) atoms. The third kappa shape index (κ3) is 3.20. The second-order valence-electron chi connectivity index (χ2n) is 4.66. The van der Waals surface area contributed by atoms with Gasteiger partial charge in [0, 0.05) is 5.69 Å². The predicted molar refractivity (Wildman–Crippen MR) is 67.4 cm³/mol. The third-order valence-corrected chi connectivity index (χ3v) is 2.48. The molecule has 0 aliphatic carbocycles. The molecule has 0 fully saturated rings. The molecule has 0 saturated heterocycles. The molecule has 0 aliphatic rings. The Morgan fingerprint density at radius 3 is 2.12 bits per heavy atom. The topological polar surface area (TPSA) is 58.6 Å². The van der Waals surface area contributed by atoms with Crippen molar-refractivity contribution in [2.45, 2.75) is 33.3 Å². The van der Waals surface area contributed by atoms with E-state index in [9.17, 15) is 9.90 Å². The van der Waals surface area contributed by atoms with Crippen LogP contribution in [0.3, 0.4) is 0 Å². The van der Waals surface area contributed by atoms with Crippen LogP contribution >= 0.6 is 0 Å². The lowest BCUT2D eigenvalue weighted by Gasteiger charge is -2.18. The van der Waals surface area contributed by atoms with Gasteiger partial charge in [-0.05, 0) is 51.0 Å². The Bertz CT molecular complexity index is 410. The van der Waals surface area contributed by atoms with Gasteiger partial charge in [0.1, 0.15) is 11.4 Å². The van der Waals surface area contributed by atoms with Crippen LogP contribution < -0.4 is 10.1 Å². The number of methoxy groups -OCH3 is 1. The number of anilines is 1. The number of amides is 1. The quantitative estimate of drug-likeness (QED) is 0.845. The van der Waals surface area contributed by atoms with Gasteiger partial charge in [-0.1, -0.05) is 0 Å². The van der Waals surface area contributed by atoms with Crippen molar-refractivity contribution >= 4 is 11.6 Å². The first-order valence-corrected chi connectivity index (χ1v) is 5.44. The monoisotopic (exact) mass is 237 g/mol. The van der Waals surface area contributed by atoms with E-state index >= 15 is 0 Å². The van der Waals surface area contributed by atoms with Crippen LogP contribution in [-0.4, -0.2) is 23.7 Å². The first-order valence-electron chi connectivity index (χ1n) is 5.44. The van der Waals surface area contributed by atoms with E-state index in [0.717, 1.165) is 16.9 Å². The van der Waals surface area contributed by atoms with E-state index in [0.29, 0.717) is 5.69 Å². The Kier molecular flexibility index (Phi) is 3.78. The smallest absolute Gasteiger partial charge is 0.255 e. The highest BCUT2D eigenvalue weighted by Crippen LogP contribution is 2.27. The summed E-state index contributed by atoms with van der Waals surface area (Å²) in [6.07, 6.45) is 0. The molecule has 1 aromatic carbocycles. The zero-order chi connectivity index (χ0) is 13.2. The molecule has 0 saturated carbocycles. The third-order valence-electron chi connectivity index (χ3n) is 2.48. The number of nitrogens with one attached hydrogen (secondary N) is 1. The maximum atomic E-state index is 11.6. The standard InChI is InChI=1S/C13H19NO3/c1-8-6-10(7-9(2)11(8)17-5)14-12(15)13(3,4)16/h6-7,16H,1-5H3,(H,14,15). The van der Waals surface area contributed by atoms with Crippen LogP contribution in [0.5, 0.6) is 5.75 Å². The number of aliphatic hydroxyl groups is 1. The number of hydrogen-bond acceptors (Lipinski definition) is 3. The summed E-state index contributed by atoms with van der Waals surface area (Å²) in [6, 6.07) is 3.63. The molecule has 2 N–H and O–H groups in total. The lowest BCUT2D eigenvalue weighted by molar-refractivity contribution is -0.130. The summed E-state index contributed by atoms with van der Waals surface area (Å²) in [5.74, 6) is 0.382. The van der Waals surface area contributed by atoms with Crippen molar-refractivity contribution in [3.05, 3.63) is 23.3 Å². The molecule has 0 bridgehead atoms. The SMILES string of the molecule is COc1c(C)cc(NC(=O)C(C)(C)O)cc1C. The first-order chi connectivity index (χ1) is 7.75. The predicted octanol–water partition coefficient (Wildman–Crippen LogP) is 2.02. The number of aryl methyl sites for hydroxylation is 2. The van der Waals surface area contributed by atoms with Gasteiger partial charge in [-0.25, -0.2) is 0 Å². The second kappa shape index (κ2) is 4.75. The Hall–Kier alpha value is -1.55. The number of hydrogen-bond donors (Lipinski definition) is 2. The lowest BCUT2D eigenvalue weighted by atomic mass is 10.1. The van der Waals surface area contributed by atoms with Crippen LogP contribution in [0.4, 0.5) is 5.69 Å². The molecule has 0 aliphatic heterocycles. The van der Waals surface area contributed by atoms with Gasteiger partial charge in [-0.15, -0.1) is 0 Å². The highest BCUT2D eigenvalue weighted by Gasteiger charge is 2.23. The fraction of sp³-hybridized carbons (Fsp3) is 0.462. The van der Waals surface area contributed by atoms with Gasteiger partial charge in [0.15, 0.2) is 0 Å². The lowest BCUT2D eigenvalue weighted by Crippen LogP contribution is -2.36. The zero-order valence-electron chi connectivity index (χ0n) is 10.9. The summed E-state index contributed by atoms with van der Waals surface area (Å²) in [4.78, 5) is 11.6. The Balaban J connectivity index is 2.99. The molecule has 1 amide bonds. The number of carbonyl (C=O) groups excluding carboxylic acids is 1. The largest absolute Gasteiger partial charge is 0.496 e. The molecule has 0 heterocycles. The van der Waals surface area contributed by atoms with Gasteiger partial charge in [-0.3, -0.25) is 4.79 Å². The van der Waals surface area contributed by atoms with E-state index in [1.54, 1.807) is 7.11 Å².